The lowest BCUT2D eigenvalue weighted by Crippen LogP contribution is -2.42. The standard InChI is InChI=1S/C15H27N3/c1-14(2,3)8-11-18(15(4,5)6)12-13-16-9-7-10-17-13/h7,9-10H,8,11-12H2,1-6H3. The molecule has 0 amide bonds. The molecule has 0 unspecified atom stereocenters. The van der Waals surface area contributed by atoms with E-state index in [0.29, 0.717) is 5.41 Å². The summed E-state index contributed by atoms with van der Waals surface area (Å²) in [6, 6.07) is 1.86. The van der Waals surface area contributed by atoms with E-state index in [0.717, 1.165) is 18.9 Å². The Balaban J connectivity index is 2.68. The average molecular weight is 249 g/mol. The van der Waals surface area contributed by atoms with E-state index in [4.69, 9.17) is 0 Å². The Hall–Kier alpha value is -0.960. The minimum Gasteiger partial charge on any atom is -0.291 e. The summed E-state index contributed by atoms with van der Waals surface area (Å²) in [6.07, 6.45) is 4.80. The van der Waals surface area contributed by atoms with Crippen LogP contribution in [0.1, 0.15) is 53.8 Å². The van der Waals surface area contributed by atoms with Gasteiger partial charge in [0.1, 0.15) is 5.82 Å². The van der Waals surface area contributed by atoms with Crippen molar-refractivity contribution in [2.24, 2.45) is 5.41 Å². The minimum atomic E-state index is 0.143. The zero-order valence-corrected chi connectivity index (χ0v) is 12.7. The topological polar surface area (TPSA) is 29.0 Å². The quantitative estimate of drug-likeness (QED) is 0.817. The zero-order chi connectivity index (χ0) is 13.8. The van der Waals surface area contributed by atoms with Gasteiger partial charge in [0, 0.05) is 17.9 Å². The summed E-state index contributed by atoms with van der Waals surface area (Å²) >= 11 is 0. The minimum absolute atomic E-state index is 0.143. The molecule has 18 heavy (non-hydrogen) atoms. The first-order valence-electron chi connectivity index (χ1n) is 6.69. The fourth-order valence-corrected chi connectivity index (χ4v) is 1.70. The van der Waals surface area contributed by atoms with Crippen molar-refractivity contribution in [3.05, 3.63) is 24.3 Å². The Morgan fingerprint density at radius 1 is 1.00 bits per heavy atom. The van der Waals surface area contributed by atoms with Crippen molar-refractivity contribution >= 4 is 0 Å². The number of hydrogen-bond donors (Lipinski definition) is 0. The summed E-state index contributed by atoms with van der Waals surface area (Å²) in [5.41, 5.74) is 0.505. The second-order valence-corrected chi connectivity index (χ2v) is 7.07. The SMILES string of the molecule is CC(C)(C)CCN(Cc1ncccn1)C(C)(C)C. The Morgan fingerprint density at radius 2 is 1.56 bits per heavy atom. The molecular formula is C15H27N3. The number of aromatic nitrogens is 2. The highest BCUT2D eigenvalue weighted by molar-refractivity contribution is 4.91. The second kappa shape index (κ2) is 5.79. The zero-order valence-electron chi connectivity index (χ0n) is 12.7. The van der Waals surface area contributed by atoms with Gasteiger partial charge in [-0.05, 0) is 45.2 Å². The number of hydrogen-bond acceptors (Lipinski definition) is 3. The van der Waals surface area contributed by atoms with Crippen LogP contribution in [0, 0.1) is 5.41 Å². The van der Waals surface area contributed by atoms with E-state index in [1.807, 2.05) is 18.5 Å². The summed E-state index contributed by atoms with van der Waals surface area (Å²) < 4.78 is 0. The summed E-state index contributed by atoms with van der Waals surface area (Å²) in [5.74, 6) is 0.904. The molecule has 0 atom stereocenters. The van der Waals surface area contributed by atoms with E-state index in [-0.39, 0.29) is 5.54 Å². The van der Waals surface area contributed by atoms with Crippen molar-refractivity contribution in [2.45, 2.75) is 60.0 Å². The van der Waals surface area contributed by atoms with Gasteiger partial charge in [0.2, 0.25) is 0 Å². The van der Waals surface area contributed by atoms with E-state index < -0.39 is 0 Å². The smallest absolute Gasteiger partial charge is 0.142 e. The largest absolute Gasteiger partial charge is 0.291 e. The maximum absolute atomic E-state index is 4.32. The van der Waals surface area contributed by atoms with Gasteiger partial charge in [-0.2, -0.15) is 0 Å². The summed E-state index contributed by atoms with van der Waals surface area (Å²) in [4.78, 5) is 11.1. The van der Waals surface area contributed by atoms with Crippen LogP contribution in [0.15, 0.2) is 18.5 Å². The van der Waals surface area contributed by atoms with Gasteiger partial charge in [0.05, 0.1) is 6.54 Å². The second-order valence-electron chi connectivity index (χ2n) is 7.07. The molecule has 3 heteroatoms. The maximum atomic E-state index is 4.32. The van der Waals surface area contributed by atoms with Gasteiger partial charge in [0.15, 0.2) is 0 Å². The molecule has 0 N–H and O–H groups in total. The first kappa shape index (κ1) is 15.1. The van der Waals surface area contributed by atoms with Gasteiger partial charge in [-0.25, -0.2) is 9.97 Å². The third-order valence-corrected chi connectivity index (χ3v) is 3.03. The van der Waals surface area contributed by atoms with E-state index in [2.05, 4.69) is 56.4 Å². The van der Waals surface area contributed by atoms with Crippen molar-refractivity contribution in [3.8, 4) is 0 Å². The molecule has 0 aliphatic carbocycles. The van der Waals surface area contributed by atoms with Gasteiger partial charge >= 0.3 is 0 Å². The van der Waals surface area contributed by atoms with E-state index >= 15 is 0 Å². The number of nitrogens with zero attached hydrogens (tertiary/aromatic N) is 3. The molecular weight excluding hydrogens is 222 g/mol. The fraction of sp³-hybridized carbons (Fsp3) is 0.733. The molecule has 3 nitrogen and oxygen atoms in total. The third kappa shape index (κ3) is 5.58. The van der Waals surface area contributed by atoms with Crippen molar-refractivity contribution in [1.29, 1.82) is 0 Å². The first-order valence-corrected chi connectivity index (χ1v) is 6.69. The third-order valence-electron chi connectivity index (χ3n) is 3.03. The molecule has 0 aliphatic rings. The van der Waals surface area contributed by atoms with Crippen LogP contribution in [0.3, 0.4) is 0 Å². The molecule has 0 saturated heterocycles. The van der Waals surface area contributed by atoms with Gasteiger partial charge in [-0.15, -0.1) is 0 Å². The van der Waals surface area contributed by atoms with E-state index in [1.165, 1.54) is 6.42 Å². The van der Waals surface area contributed by atoms with Crippen molar-refractivity contribution in [1.82, 2.24) is 14.9 Å². The molecule has 1 rings (SSSR count). The maximum Gasteiger partial charge on any atom is 0.142 e. The van der Waals surface area contributed by atoms with Crippen molar-refractivity contribution in [2.75, 3.05) is 6.54 Å². The van der Waals surface area contributed by atoms with E-state index in [9.17, 15) is 0 Å². The van der Waals surface area contributed by atoms with Crippen LogP contribution >= 0.6 is 0 Å². The van der Waals surface area contributed by atoms with E-state index in [1.54, 1.807) is 0 Å². The molecule has 0 saturated carbocycles. The van der Waals surface area contributed by atoms with Gasteiger partial charge < -0.3 is 0 Å². The molecule has 0 bridgehead atoms. The molecule has 1 aromatic rings. The molecule has 102 valence electrons. The Kier molecular flexibility index (Phi) is 4.85. The van der Waals surface area contributed by atoms with Gasteiger partial charge in [-0.3, -0.25) is 4.90 Å². The first-order chi connectivity index (χ1) is 8.18. The molecule has 0 aromatic carbocycles. The molecule has 0 spiro atoms. The van der Waals surface area contributed by atoms with Crippen molar-refractivity contribution in [3.63, 3.8) is 0 Å². The van der Waals surface area contributed by atoms with Crippen LogP contribution in [-0.4, -0.2) is 27.0 Å². The predicted molar refractivity (Wildman–Crippen MR) is 76.3 cm³/mol. The van der Waals surface area contributed by atoms with Crippen LogP contribution < -0.4 is 0 Å². The average Bonchev–Trinajstić information content (AvgIpc) is 2.22. The molecule has 1 aromatic heterocycles. The Labute approximate surface area is 112 Å². The fourth-order valence-electron chi connectivity index (χ4n) is 1.70. The van der Waals surface area contributed by atoms with Crippen LogP contribution in [-0.2, 0) is 6.54 Å². The van der Waals surface area contributed by atoms with Crippen LogP contribution in [0.2, 0.25) is 0 Å². The summed E-state index contributed by atoms with van der Waals surface area (Å²) in [5, 5.41) is 0. The lowest BCUT2D eigenvalue weighted by molar-refractivity contribution is 0.107. The molecule has 0 fully saturated rings. The molecule has 1 heterocycles. The lowest BCUT2D eigenvalue weighted by Gasteiger charge is -2.36. The van der Waals surface area contributed by atoms with Crippen LogP contribution in [0.25, 0.3) is 0 Å². The summed E-state index contributed by atoms with van der Waals surface area (Å²) in [6.45, 7) is 15.5. The Bertz CT molecular complexity index is 346. The predicted octanol–water partition coefficient (Wildman–Crippen LogP) is 3.51. The monoisotopic (exact) mass is 249 g/mol. The highest BCUT2D eigenvalue weighted by Crippen LogP contribution is 2.23. The highest BCUT2D eigenvalue weighted by Gasteiger charge is 2.23. The van der Waals surface area contributed by atoms with Crippen LogP contribution in [0.5, 0.6) is 0 Å². The van der Waals surface area contributed by atoms with Crippen molar-refractivity contribution < 1.29 is 0 Å². The summed E-state index contributed by atoms with van der Waals surface area (Å²) in [7, 11) is 0. The Morgan fingerprint density at radius 3 is 2.00 bits per heavy atom. The van der Waals surface area contributed by atoms with Gasteiger partial charge in [0.25, 0.3) is 0 Å². The van der Waals surface area contributed by atoms with Gasteiger partial charge in [-0.1, -0.05) is 20.8 Å². The normalized spacial score (nSPS) is 13.1. The van der Waals surface area contributed by atoms with Crippen LogP contribution in [0.4, 0.5) is 0 Å². The number of rotatable bonds is 4. The lowest BCUT2D eigenvalue weighted by atomic mass is 9.91. The molecule has 0 aliphatic heterocycles. The highest BCUT2D eigenvalue weighted by atomic mass is 15.2. The molecule has 0 radical (unpaired) electrons.